The Hall–Kier alpha value is -1.65. The fraction of sp³-hybridized carbons (Fsp3) is 0.533. The van der Waals surface area contributed by atoms with Crippen LogP contribution in [0.3, 0.4) is 0 Å². The molecule has 0 aromatic heterocycles. The van der Waals surface area contributed by atoms with Crippen molar-refractivity contribution >= 4 is 0 Å². The van der Waals surface area contributed by atoms with Crippen molar-refractivity contribution in [3.8, 4) is 11.8 Å². The summed E-state index contributed by atoms with van der Waals surface area (Å²) in [5.74, 6) is 0.564. The van der Waals surface area contributed by atoms with E-state index in [2.05, 4.69) is 0 Å². The second kappa shape index (κ2) is 7.96. The summed E-state index contributed by atoms with van der Waals surface area (Å²) in [7, 11) is 0. The Morgan fingerprint density at radius 1 is 1.52 bits per heavy atom. The molecule has 0 radical (unpaired) electrons. The van der Waals surface area contributed by atoms with E-state index in [-0.39, 0.29) is 19.3 Å². The average molecular weight is 292 g/mol. The zero-order chi connectivity index (χ0) is 15.1. The molecule has 1 aromatic rings. The fourth-order valence-corrected chi connectivity index (χ4v) is 2.27. The molecule has 6 nitrogen and oxygen atoms in total. The van der Waals surface area contributed by atoms with Gasteiger partial charge in [-0.1, -0.05) is 6.07 Å². The lowest BCUT2D eigenvalue weighted by molar-refractivity contribution is -0.0480. The first-order valence-corrected chi connectivity index (χ1v) is 6.96. The van der Waals surface area contributed by atoms with Crippen LogP contribution in [0.4, 0.5) is 0 Å². The number of aliphatic hydroxyl groups is 2. The third kappa shape index (κ3) is 4.69. The Bertz CT molecular complexity index is 489. The highest BCUT2D eigenvalue weighted by Gasteiger charge is 2.24. The number of β-amino-alcohol motifs (C(OH)–C–C–N with tert-alkyl or cyclic N) is 1. The highest BCUT2D eigenvalue weighted by molar-refractivity contribution is 5.36. The molecule has 2 rings (SSSR count). The Morgan fingerprint density at radius 3 is 3.14 bits per heavy atom. The Kier molecular flexibility index (Phi) is 5.96. The molecule has 1 heterocycles. The second-order valence-corrected chi connectivity index (χ2v) is 5.01. The normalized spacial score (nSPS) is 20.7. The zero-order valence-corrected chi connectivity index (χ0v) is 11.8. The predicted octanol–water partition coefficient (Wildman–Crippen LogP) is -0.00892. The molecule has 0 saturated carbocycles. The van der Waals surface area contributed by atoms with E-state index in [4.69, 9.17) is 14.7 Å². The molecule has 1 fully saturated rings. The van der Waals surface area contributed by atoms with Crippen LogP contribution in [0.2, 0.25) is 0 Å². The largest absolute Gasteiger partial charge is 0.491 e. The molecule has 0 aliphatic carbocycles. The summed E-state index contributed by atoms with van der Waals surface area (Å²) in [6.45, 7) is 2.35. The van der Waals surface area contributed by atoms with Gasteiger partial charge in [-0.3, -0.25) is 4.90 Å². The number of hydrogen-bond donors (Lipinski definition) is 2. The van der Waals surface area contributed by atoms with Crippen LogP contribution in [0.15, 0.2) is 24.3 Å². The van der Waals surface area contributed by atoms with E-state index < -0.39 is 6.10 Å². The predicted molar refractivity (Wildman–Crippen MR) is 75.9 cm³/mol. The van der Waals surface area contributed by atoms with Gasteiger partial charge in [-0.15, -0.1) is 0 Å². The number of nitriles is 1. The lowest BCUT2D eigenvalue weighted by Gasteiger charge is -2.35. The van der Waals surface area contributed by atoms with Gasteiger partial charge in [0, 0.05) is 13.1 Å². The van der Waals surface area contributed by atoms with E-state index >= 15 is 0 Å². The summed E-state index contributed by atoms with van der Waals surface area (Å²) in [6.07, 6.45) is -0.664. The summed E-state index contributed by atoms with van der Waals surface area (Å²) in [5.41, 5.74) is 0.524. The van der Waals surface area contributed by atoms with Crippen molar-refractivity contribution in [2.24, 2.45) is 0 Å². The van der Waals surface area contributed by atoms with Crippen molar-refractivity contribution in [1.82, 2.24) is 4.90 Å². The summed E-state index contributed by atoms with van der Waals surface area (Å²) in [6, 6.07) is 8.79. The Morgan fingerprint density at radius 2 is 2.38 bits per heavy atom. The number of hydrogen-bond acceptors (Lipinski definition) is 6. The maximum absolute atomic E-state index is 10.0. The molecule has 2 N–H and O–H groups in total. The van der Waals surface area contributed by atoms with Crippen LogP contribution in [0.5, 0.6) is 5.75 Å². The highest BCUT2D eigenvalue weighted by Crippen LogP contribution is 2.13. The minimum atomic E-state index is -0.664. The van der Waals surface area contributed by atoms with E-state index in [1.54, 1.807) is 24.3 Å². The van der Waals surface area contributed by atoms with Gasteiger partial charge < -0.3 is 19.7 Å². The topological polar surface area (TPSA) is 86.0 Å². The van der Waals surface area contributed by atoms with Crippen molar-refractivity contribution in [1.29, 1.82) is 5.26 Å². The van der Waals surface area contributed by atoms with Gasteiger partial charge in [0.1, 0.15) is 18.5 Å². The first-order valence-electron chi connectivity index (χ1n) is 6.96. The Labute approximate surface area is 124 Å². The first-order chi connectivity index (χ1) is 10.2. The van der Waals surface area contributed by atoms with Gasteiger partial charge in [-0.2, -0.15) is 5.26 Å². The van der Waals surface area contributed by atoms with E-state index in [9.17, 15) is 10.2 Å². The molecule has 2 unspecified atom stereocenters. The molecule has 1 aliphatic rings. The molecule has 6 heteroatoms. The standard InChI is InChI=1S/C15H20N2O4/c16-7-12-2-1-3-15(6-12)21-11-14(19)8-17-4-5-20-10-13(17)9-18/h1-3,6,13-14,18-19H,4-5,8-11H2. The van der Waals surface area contributed by atoms with Gasteiger partial charge in [-0.05, 0) is 18.2 Å². The maximum atomic E-state index is 10.0. The number of ether oxygens (including phenoxy) is 2. The van der Waals surface area contributed by atoms with Crippen LogP contribution < -0.4 is 4.74 Å². The monoisotopic (exact) mass is 292 g/mol. The third-order valence-corrected chi connectivity index (χ3v) is 3.41. The minimum absolute atomic E-state index is 0.0117. The van der Waals surface area contributed by atoms with Crippen molar-refractivity contribution in [2.45, 2.75) is 12.1 Å². The summed E-state index contributed by atoms with van der Waals surface area (Å²) in [5, 5.41) is 28.1. The molecule has 21 heavy (non-hydrogen) atoms. The zero-order valence-electron chi connectivity index (χ0n) is 11.8. The maximum Gasteiger partial charge on any atom is 0.120 e. The van der Waals surface area contributed by atoms with Gasteiger partial charge >= 0.3 is 0 Å². The average Bonchev–Trinajstić information content (AvgIpc) is 2.53. The number of morpholine rings is 1. The first kappa shape index (κ1) is 15.7. The Balaban J connectivity index is 1.81. The smallest absolute Gasteiger partial charge is 0.120 e. The quantitative estimate of drug-likeness (QED) is 0.767. The third-order valence-electron chi connectivity index (χ3n) is 3.41. The molecule has 0 amide bonds. The van der Waals surface area contributed by atoms with E-state index in [0.717, 1.165) is 0 Å². The minimum Gasteiger partial charge on any atom is -0.491 e. The number of benzene rings is 1. The summed E-state index contributed by atoms with van der Waals surface area (Å²) in [4.78, 5) is 2.00. The van der Waals surface area contributed by atoms with Gasteiger partial charge in [0.05, 0.1) is 37.5 Å². The molecular formula is C15H20N2O4. The van der Waals surface area contributed by atoms with E-state index in [1.807, 2.05) is 11.0 Å². The molecule has 114 valence electrons. The van der Waals surface area contributed by atoms with Crippen LogP contribution in [0.1, 0.15) is 5.56 Å². The molecule has 2 atom stereocenters. The van der Waals surface area contributed by atoms with Gasteiger partial charge in [0.15, 0.2) is 0 Å². The number of rotatable bonds is 6. The number of nitrogens with zero attached hydrogens (tertiary/aromatic N) is 2. The van der Waals surface area contributed by atoms with Crippen LogP contribution in [-0.4, -0.2) is 66.8 Å². The lowest BCUT2D eigenvalue weighted by atomic mass is 10.2. The fourth-order valence-electron chi connectivity index (χ4n) is 2.27. The van der Waals surface area contributed by atoms with Gasteiger partial charge in [0.25, 0.3) is 0 Å². The van der Waals surface area contributed by atoms with E-state index in [0.29, 0.717) is 37.6 Å². The summed E-state index contributed by atoms with van der Waals surface area (Å²) >= 11 is 0. The molecular weight excluding hydrogens is 272 g/mol. The molecule has 1 aliphatic heterocycles. The lowest BCUT2D eigenvalue weighted by Crippen LogP contribution is -2.50. The van der Waals surface area contributed by atoms with Crippen LogP contribution >= 0.6 is 0 Å². The molecule has 1 saturated heterocycles. The van der Waals surface area contributed by atoms with Crippen LogP contribution in [0, 0.1) is 11.3 Å². The van der Waals surface area contributed by atoms with Crippen molar-refractivity contribution in [3.63, 3.8) is 0 Å². The van der Waals surface area contributed by atoms with Crippen molar-refractivity contribution in [2.75, 3.05) is 39.5 Å². The SMILES string of the molecule is N#Cc1cccc(OCC(O)CN2CCOCC2CO)c1. The van der Waals surface area contributed by atoms with Crippen molar-refractivity contribution in [3.05, 3.63) is 29.8 Å². The number of aliphatic hydroxyl groups excluding tert-OH is 2. The molecule has 1 aromatic carbocycles. The van der Waals surface area contributed by atoms with E-state index in [1.165, 1.54) is 0 Å². The highest BCUT2D eigenvalue weighted by atomic mass is 16.5. The van der Waals surface area contributed by atoms with Crippen LogP contribution in [0.25, 0.3) is 0 Å². The van der Waals surface area contributed by atoms with Crippen LogP contribution in [-0.2, 0) is 4.74 Å². The molecule has 0 spiro atoms. The van der Waals surface area contributed by atoms with Gasteiger partial charge in [0.2, 0.25) is 0 Å². The van der Waals surface area contributed by atoms with Crippen molar-refractivity contribution < 1.29 is 19.7 Å². The molecule has 0 bridgehead atoms. The summed E-state index contributed by atoms with van der Waals surface area (Å²) < 4.78 is 10.8. The van der Waals surface area contributed by atoms with Gasteiger partial charge in [-0.25, -0.2) is 0 Å². The second-order valence-electron chi connectivity index (χ2n) is 5.01.